The summed E-state index contributed by atoms with van der Waals surface area (Å²) in [6.45, 7) is 8.80. The van der Waals surface area contributed by atoms with E-state index in [4.69, 9.17) is 5.84 Å². The molecule has 2 atom stereocenters. The third kappa shape index (κ3) is 2.83. The van der Waals surface area contributed by atoms with E-state index in [0.29, 0.717) is 5.92 Å². The van der Waals surface area contributed by atoms with Crippen molar-refractivity contribution in [2.24, 2.45) is 11.8 Å². The Kier molecular flexibility index (Phi) is 4.97. The molecule has 1 aromatic carbocycles. The van der Waals surface area contributed by atoms with Crippen LogP contribution in [-0.4, -0.2) is 0 Å². The van der Waals surface area contributed by atoms with Crippen LogP contribution in [0.15, 0.2) is 18.2 Å². The van der Waals surface area contributed by atoms with Crippen molar-refractivity contribution < 1.29 is 0 Å². The Morgan fingerprint density at radius 2 is 2.00 bits per heavy atom. The Morgan fingerprint density at radius 1 is 1.31 bits per heavy atom. The highest BCUT2D eigenvalue weighted by atomic mass is 15.2. The number of rotatable bonds is 5. The van der Waals surface area contributed by atoms with E-state index in [1.165, 1.54) is 29.5 Å². The van der Waals surface area contributed by atoms with E-state index in [1.54, 1.807) is 0 Å². The summed E-state index contributed by atoms with van der Waals surface area (Å²) < 4.78 is 0. The highest BCUT2D eigenvalue weighted by molar-refractivity contribution is 5.35. The average Bonchev–Trinajstić information content (AvgIpc) is 2.25. The Bertz CT molecular complexity index is 334. The van der Waals surface area contributed by atoms with Crippen LogP contribution in [0.1, 0.15) is 49.4 Å². The number of hydrogen-bond donors (Lipinski definition) is 2. The SMILES string of the molecule is CCCC(C)C(NN)c1cccc(C)c1C. The van der Waals surface area contributed by atoms with Gasteiger partial charge in [-0.3, -0.25) is 11.3 Å². The summed E-state index contributed by atoms with van der Waals surface area (Å²) in [5.41, 5.74) is 7.00. The largest absolute Gasteiger partial charge is 0.271 e. The van der Waals surface area contributed by atoms with E-state index >= 15 is 0 Å². The monoisotopic (exact) mass is 220 g/mol. The van der Waals surface area contributed by atoms with Crippen LogP contribution >= 0.6 is 0 Å². The van der Waals surface area contributed by atoms with Crippen LogP contribution in [0, 0.1) is 19.8 Å². The van der Waals surface area contributed by atoms with E-state index in [0.717, 1.165) is 0 Å². The second kappa shape index (κ2) is 6.02. The number of nitrogens with two attached hydrogens (primary N) is 1. The molecule has 0 amide bonds. The molecule has 0 aromatic heterocycles. The molecule has 0 aliphatic carbocycles. The zero-order chi connectivity index (χ0) is 12.1. The highest BCUT2D eigenvalue weighted by Crippen LogP contribution is 2.28. The Labute approximate surface area is 99.2 Å². The summed E-state index contributed by atoms with van der Waals surface area (Å²) in [5, 5.41) is 0. The Morgan fingerprint density at radius 3 is 2.56 bits per heavy atom. The molecule has 2 heteroatoms. The van der Waals surface area contributed by atoms with Crippen LogP contribution in [-0.2, 0) is 0 Å². The summed E-state index contributed by atoms with van der Waals surface area (Å²) >= 11 is 0. The summed E-state index contributed by atoms with van der Waals surface area (Å²) in [5.74, 6) is 6.27. The topological polar surface area (TPSA) is 38.0 Å². The first-order valence-electron chi connectivity index (χ1n) is 6.14. The highest BCUT2D eigenvalue weighted by Gasteiger charge is 2.19. The number of hydrogen-bond acceptors (Lipinski definition) is 2. The first-order chi connectivity index (χ1) is 7.61. The zero-order valence-corrected chi connectivity index (χ0v) is 10.9. The number of nitrogens with one attached hydrogen (secondary N) is 1. The lowest BCUT2D eigenvalue weighted by molar-refractivity contribution is 0.367. The van der Waals surface area contributed by atoms with Crippen molar-refractivity contribution >= 4 is 0 Å². The predicted octanol–water partition coefficient (Wildman–Crippen LogP) is 3.24. The van der Waals surface area contributed by atoms with Crippen LogP contribution in [0.4, 0.5) is 0 Å². The summed E-state index contributed by atoms with van der Waals surface area (Å²) in [7, 11) is 0. The fourth-order valence-electron chi connectivity index (χ4n) is 2.29. The van der Waals surface area contributed by atoms with E-state index in [9.17, 15) is 0 Å². The van der Waals surface area contributed by atoms with Gasteiger partial charge in [-0.25, -0.2) is 0 Å². The third-order valence-corrected chi connectivity index (χ3v) is 3.47. The van der Waals surface area contributed by atoms with Crippen molar-refractivity contribution in [3.63, 3.8) is 0 Å². The molecule has 0 radical (unpaired) electrons. The van der Waals surface area contributed by atoms with Crippen molar-refractivity contribution in [3.05, 3.63) is 34.9 Å². The van der Waals surface area contributed by atoms with E-state index in [-0.39, 0.29) is 6.04 Å². The first-order valence-corrected chi connectivity index (χ1v) is 6.14. The van der Waals surface area contributed by atoms with Gasteiger partial charge in [0.2, 0.25) is 0 Å². The standard InChI is InChI=1S/C14H24N2/c1-5-7-11(3)14(16-15)13-9-6-8-10(2)12(13)4/h6,8-9,11,14,16H,5,7,15H2,1-4H3. The molecule has 2 unspecified atom stereocenters. The number of aryl methyl sites for hydroxylation is 1. The molecule has 90 valence electrons. The van der Waals surface area contributed by atoms with Crippen LogP contribution < -0.4 is 11.3 Å². The molecule has 0 bridgehead atoms. The molecule has 2 nitrogen and oxygen atoms in total. The maximum atomic E-state index is 5.70. The van der Waals surface area contributed by atoms with Crippen molar-refractivity contribution in [2.45, 2.75) is 46.6 Å². The van der Waals surface area contributed by atoms with Gasteiger partial charge in [0.05, 0.1) is 0 Å². The van der Waals surface area contributed by atoms with Gasteiger partial charge in [-0.2, -0.15) is 0 Å². The van der Waals surface area contributed by atoms with Gasteiger partial charge in [-0.05, 0) is 42.9 Å². The van der Waals surface area contributed by atoms with E-state index < -0.39 is 0 Å². The van der Waals surface area contributed by atoms with E-state index in [2.05, 4.69) is 51.3 Å². The lowest BCUT2D eigenvalue weighted by Gasteiger charge is -2.25. The molecule has 0 fully saturated rings. The van der Waals surface area contributed by atoms with Crippen LogP contribution in [0.5, 0.6) is 0 Å². The van der Waals surface area contributed by atoms with Gasteiger partial charge in [0.1, 0.15) is 0 Å². The number of benzene rings is 1. The summed E-state index contributed by atoms with van der Waals surface area (Å²) in [4.78, 5) is 0. The van der Waals surface area contributed by atoms with Gasteiger partial charge in [-0.15, -0.1) is 0 Å². The minimum atomic E-state index is 0.264. The number of hydrazine groups is 1. The van der Waals surface area contributed by atoms with Gasteiger partial charge in [0, 0.05) is 6.04 Å². The zero-order valence-electron chi connectivity index (χ0n) is 10.9. The van der Waals surface area contributed by atoms with Gasteiger partial charge >= 0.3 is 0 Å². The molecule has 16 heavy (non-hydrogen) atoms. The summed E-state index contributed by atoms with van der Waals surface area (Å²) in [6.07, 6.45) is 2.40. The minimum Gasteiger partial charge on any atom is -0.271 e. The molecule has 1 aromatic rings. The molecule has 0 heterocycles. The van der Waals surface area contributed by atoms with Crippen LogP contribution in [0.3, 0.4) is 0 Å². The molecule has 0 spiro atoms. The van der Waals surface area contributed by atoms with Crippen molar-refractivity contribution in [3.8, 4) is 0 Å². The Balaban J connectivity index is 2.99. The average molecular weight is 220 g/mol. The molecule has 3 N–H and O–H groups in total. The van der Waals surface area contributed by atoms with Gasteiger partial charge in [0.15, 0.2) is 0 Å². The second-order valence-corrected chi connectivity index (χ2v) is 4.70. The van der Waals surface area contributed by atoms with Gasteiger partial charge < -0.3 is 0 Å². The van der Waals surface area contributed by atoms with Crippen molar-refractivity contribution in [2.75, 3.05) is 0 Å². The normalized spacial score (nSPS) is 14.8. The van der Waals surface area contributed by atoms with Crippen molar-refractivity contribution in [1.82, 2.24) is 5.43 Å². The smallest absolute Gasteiger partial charge is 0.0488 e. The molecular weight excluding hydrogens is 196 g/mol. The lowest BCUT2D eigenvalue weighted by Crippen LogP contribution is -2.33. The van der Waals surface area contributed by atoms with Crippen LogP contribution in [0.2, 0.25) is 0 Å². The summed E-state index contributed by atoms with van der Waals surface area (Å²) in [6, 6.07) is 6.70. The molecule has 0 saturated heterocycles. The molecule has 0 saturated carbocycles. The minimum absolute atomic E-state index is 0.264. The maximum absolute atomic E-state index is 5.70. The lowest BCUT2D eigenvalue weighted by atomic mass is 9.88. The van der Waals surface area contributed by atoms with E-state index in [1.807, 2.05) is 0 Å². The predicted molar refractivity (Wildman–Crippen MR) is 70.1 cm³/mol. The molecular formula is C14H24N2. The van der Waals surface area contributed by atoms with Gasteiger partial charge in [-0.1, -0.05) is 38.5 Å². The third-order valence-electron chi connectivity index (χ3n) is 3.47. The molecule has 0 aliphatic heterocycles. The fraction of sp³-hybridized carbons (Fsp3) is 0.571. The Hall–Kier alpha value is -0.860. The first kappa shape index (κ1) is 13.2. The van der Waals surface area contributed by atoms with Gasteiger partial charge in [0.25, 0.3) is 0 Å². The van der Waals surface area contributed by atoms with Crippen molar-refractivity contribution in [1.29, 1.82) is 0 Å². The maximum Gasteiger partial charge on any atom is 0.0488 e. The second-order valence-electron chi connectivity index (χ2n) is 4.70. The fourth-order valence-corrected chi connectivity index (χ4v) is 2.29. The molecule has 1 rings (SSSR count). The van der Waals surface area contributed by atoms with Crippen LogP contribution in [0.25, 0.3) is 0 Å². The molecule has 0 aliphatic rings. The quantitative estimate of drug-likeness (QED) is 0.590.